The number of hydrogen-bond donors (Lipinski definition) is 5. The molecule has 136 valence electrons. The van der Waals surface area contributed by atoms with Gasteiger partial charge in [0.25, 0.3) is 11.8 Å². The molecule has 0 spiro atoms. The lowest BCUT2D eigenvalue weighted by molar-refractivity contribution is -0.123. The molecule has 9 nitrogen and oxygen atoms in total. The highest BCUT2D eigenvalue weighted by Crippen LogP contribution is 2.35. The van der Waals surface area contributed by atoms with Crippen molar-refractivity contribution in [3.05, 3.63) is 42.2 Å². The third-order valence-corrected chi connectivity index (χ3v) is 4.67. The molecule has 9 heteroatoms. The highest BCUT2D eigenvalue weighted by atomic mass is 16.3. The molecule has 1 aromatic heterocycles. The summed E-state index contributed by atoms with van der Waals surface area (Å²) in [7, 11) is 0. The number of hydrazine groups is 2. The standard InChI is InChI=1S/C17H20N6O3/c24-14-9-23(11-4-2-1-3-5-11)22-15(14)17(26)21-20-16(25)13-8-12(18-19-13)10-6-7-10/h1-5,9-10,12-13,18-19,24H,6-8H2,(H,20,25)(H,21,26). The van der Waals surface area contributed by atoms with Crippen LogP contribution in [0.25, 0.3) is 5.69 Å². The Morgan fingerprint density at radius 2 is 1.92 bits per heavy atom. The number of aromatic nitrogens is 2. The second-order valence-electron chi connectivity index (χ2n) is 6.61. The van der Waals surface area contributed by atoms with Crippen LogP contribution in [0.3, 0.4) is 0 Å². The molecule has 2 aliphatic rings. The summed E-state index contributed by atoms with van der Waals surface area (Å²) >= 11 is 0. The first-order chi connectivity index (χ1) is 12.6. The zero-order chi connectivity index (χ0) is 18.1. The summed E-state index contributed by atoms with van der Waals surface area (Å²) in [5.74, 6) is -0.657. The number of hydrogen-bond acceptors (Lipinski definition) is 6. The molecule has 1 saturated heterocycles. The van der Waals surface area contributed by atoms with Gasteiger partial charge >= 0.3 is 0 Å². The number of aromatic hydroxyl groups is 1. The summed E-state index contributed by atoms with van der Waals surface area (Å²) in [5.41, 5.74) is 11.3. The SMILES string of the molecule is O=C(NNC(=O)C1CC(C2CC2)NN1)c1nn(-c2ccccc2)cc1O. The zero-order valence-corrected chi connectivity index (χ0v) is 14.0. The van der Waals surface area contributed by atoms with Crippen molar-refractivity contribution in [1.29, 1.82) is 0 Å². The van der Waals surface area contributed by atoms with Gasteiger partial charge in [0.05, 0.1) is 11.9 Å². The molecule has 2 fully saturated rings. The van der Waals surface area contributed by atoms with Crippen molar-refractivity contribution in [2.75, 3.05) is 0 Å². The molecule has 0 radical (unpaired) electrons. The van der Waals surface area contributed by atoms with Crippen LogP contribution in [0, 0.1) is 5.92 Å². The maximum Gasteiger partial charge on any atom is 0.294 e. The number of carbonyl (C=O) groups is 2. The second kappa shape index (κ2) is 6.77. The number of nitrogens with one attached hydrogen (secondary N) is 4. The summed E-state index contributed by atoms with van der Waals surface area (Å²) in [6.45, 7) is 0. The maximum atomic E-state index is 12.2. The maximum absolute atomic E-state index is 12.2. The van der Waals surface area contributed by atoms with Crippen molar-refractivity contribution in [2.24, 2.45) is 5.92 Å². The lowest BCUT2D eigenvalue weighted by atomic mass is 10.1. The molecule has 26 heavy (non-hydrogen) atoms. The monoisotopic (exact) mass is 356 g/mol. The van der Waals surface area contributed by atoms with E-state index in [2.05, 4.69) is 26.8 Å². The fourth-order valence-corrected chi connectivity index (χ4v) is 3.07. The molecule has 2 unspecified atom stereocenters. The Morgan fingerprint density at radius 1 is 1.15 bits per heavy atom. The smallest absolute Gasteiger partial charge is 0.294 e. The summed E-state index contributed by atoms with van der Waals surface area (Å²) in [6, 6.07) is 8.99. The lowest BCUT2D eigenvalue weighted by Gasteiger charge is -2.11. The fraction of sp³-hybridized carbons (Fsp3) is 0.353. The quantitative estimate of drug-likeness (QED) is 0.491. The van der Waals surface area contributed by atoms with E-state index in [1.165, 1.54) is 23.7 Å². The first kappa shape index (κ1) is 16.6. The Labute approximate surface area is 149 Å². The molecule has 1 aliphatic carbocycles. The van der Waals surface area contributed by atoms with Crippen LogP contribution in [0.15, 0.2) is 36.5 Å². The van der Waals surface area contributed by atoms with Gasteiger partial charge in [-0.3, -0.25) is 25.9 Å². The highest BCUT2D eigenvalue weighted by Gasteiger charge is 2.38. The summed E-state index contributed by atoms with van der Waals surface area (Å²) in [6.07, 6.45) is 4.40. The average molecular weight is 356 g/mol. The van der Waals surface area contributed by atoms with E-state index in [9.17, 15) is 14.7 Å². The second-order valence-corrected chi connectivity index (χ2v) is 6.61. The van der Waals surface area contributed by atoms with Gasteiger partial charge in [0.15, 0.2) is 11.4 Å². The zero-order valence-electron chi connectivity index (χ0n) is 14.0. The van der Waals surface area contributed by atoms with Crippen molar-refractivity contribution in [3.63, 3.8) is 0 Å². The van der Waals surface area contributed by atoms with E-state index < -0.39 is 11.9 Å². The molecule has 2 aromatic rings. The molecule has 1 aromatic carbocycles. The summed E-state index contributed by atoms with van der Waals surface area (Å²) < 4.78 is 1.40. The first-order valence-electron chi connectivity index (χ1n) is 8.57. The molecule has 1 aliphatic heterocycles. The highest BCUT2D eigenvalue weighted by molar-refractivity contribution is 5.96. The molecular formula is C17H20N6O3. The lowest BCUT2D eigenvalue weighted by Crippen LogP contribution is -2.50. The Balaban J connectivity index is 1.35. The predicted octanol–water partition coefficient (Wildman–Crippen LogP) is -0.0160. The number of amides is 2. The molecule has 2 amide bonds. The summed E-state index contributed by atoms with van der Waals surface area (Å²) in [4.78, 5) is 24.4. The predicted molar refractivity (Wildman–Crippen MR) is 92.0 cm³/mol. The van der Waals surface area contributed by atoms with E-state index >= 15 is 0 Å². The van der Waals surface area contributed by atoms with Gasteiger partial charge in [-0.25, -0.2) is 10.1 Å². The van der Waals surface area contributed by atoms with E-state index in [0.29, 0.717) is 24.1 Å². The molecule has 2 heterocycles. The van der Waals surface area contributed by atoms with E-state index in [1.807, 2.05) is 18.2 Å². The van der Waals surface area contributed by atoms with Gasteiger partial charge in [-0.15, -0.1) is 0 Å². The van der Waals surface area contributed by atoms with Crippen LogP contribution < -0.4 is 21.7 Å². The van der Waals surface area contributed by atoms with Gasteiger partial charge in [-0.05, 0) is 37.3 Å². The number of rotatable bonds is 4. The van der Waals surface area contributed by atoms with Crippen LogP contribution in [0.5, 0.6) is 5.75 Å². The Bertz CT molecular complexity index is 817. The van der Waals surface area contributed by atoms with Crippen LogP contribution >= 0.6 is 0 Å². The Kier molecular flexibility index (Phi) is 4.31. The van der Waals surface area contributed by atoms with Crippen LogP contribution in [-0.4, -0.2) is 38.8 Å². The van der Waals surface area contributed by atoms with Crippen LogP contribution in [0.2, 0.25) is 0 Å². The Hall–Kier alpha value is -2.91. The number of benzene rings is 1. The molecule has 0 bridgehead atoms. The van der Waals surface area contributed by atoms with Gasteiger partial charge < -0.3 is 5.11 Å². The van der Waals surface area contributed by atoms with Crippen molar-refractivity contribution in [1.82, 2.24) is 31.5 Å². The molecule has 5 N–H and O–H groups in total. The largest absolute Gasteiger partial charge is 0.504 e. The van der Waals surface area contributed by atoms with E-state index in [0.717, 1.165) is 0 Å². The minimum Gasteiger partial charge on any atom is -0.504 e. The van der Waals surface area contributed by atoms with Crippen molar-refractivity contribution in [2.45, 2.75) is 31.3 Å². The minimum absolute atomic E-state index is 0.164. The fourth-order valence-electron chi connectivity index (χ4n) is 3.07. The molecule has 1 saturated carbocycles. The van der Waals surface area contributed by atoms with Crippen molar-refractivity contribution in [3.8, 4) is 11.4 Å². The van der Waals surface area contributed by atoms with E-state index in [4.69, 9.17) is 0 Å². The van der Waals surface area contributed by atoms with Gasteiger partial charge in [-0.2, -0.15) is 5.10 Å². The van der Waals surface area contributed by atoms with Gasteiger partial charge in [0.1, 0.15) is 6.04 Å². The minimum atomic E-state index is -0.685. The van der Waals surface area contributed by atoms with Crippen molar-refractivity contribution < 1.29 is 14.7 Å². The van der Waals surface area contributed by atoms with E-state index in [1.54, 1.807) is 12.1 Å². The third-order valence-electron chi connectivity index (χ3n) is 4.67. The first-order valence-corrected chi connectivity index (χ1v) is 8.57. The molecular weight excluding hydrogens is 336 g/mol. The molecule has 4 rings (SSSR count). The van der Waals surface area contributed by atoms with Crippen molar-refractivity contribution >= 4 is 11.8 Å². The topological polar surface area (TPSA) is 120 Å². The van der Waals surface area contributed by atoms with Gasteiger partial charge in [-0.1, -0.05) is 18.2 Å². The van der Waals surface area contributed by atoms with Gasteiger partial charge in [0, 0.05) is 6.04 Å². The normalized spacial score (nSPS) is 22.2. The van der Waals surface area contributed by atoms with Gasteiger partial charge in [0.2, 0.25) is 0 Å². The number of carbonyl (C=O) groups excluding carboxylic acids is 2. The van der Waals surface area contributed by atoms with Crippen LogP contribution in [0.4, 0.5) is 0 Å². The number of nitrogens with zero attached hydrogens (tertiary/aromatic N) is 2. The number of para-hydroxylation sites is 1. The van der Waals surface area contributed by atoms with Crippen LogP contribution in [0.1, 0.15) is 29.8 Å². The van der Waals surface area contributed by atoms with Crippen LogP contribution in [-0.2, 0) is 4.79 Å². The summed E-state index contributed by atoms with van der Waals surface area (Å²) in [5, 5.41) is 14.0. The molecule has 2 atom stereocenters. The Morgan fingerprint density at radius 3 is 2.65 bits per heavy atom. The average Bonchev–Trinajstić information content (AvgIpc) is 3.25. The third kappa shape index (κ3) is 3.39. The van der Waals surface area contributed by atoms with E-state index in [-0.39, 0.29) is 17.4 Å².